The number of anilines is 1. The van der Waals surface area contributed by atoms with Crippen molar-refractivity contribution in [1.82, 2.24) is 20.3 Å². The van der Waals surface area contributed by atoms with Gasteiger partial charge in [-0.05, 0) is 44.9 Å². The van der Waals surface area contributed by atoms with E-state index in [4.69, 9.17) is 4.52 Å². The second kappa shape index (κ2) is 5.35. The van der Waals surface area contributed by atoms with Crippen molar-refractivity contribution in [3.05, 3.63) is 34.8 Å². The molecule has 2 aromatic rings. The standard InChI is InChI=1S/C16H21N5O/c1-11-6-14(22-19-11)10-20(2)13-8-21(9-13)16-7-12-4-3-5-15(12)17-18-16/h6-7,13H,3-5,8-10H2,1-2H3. The summed E-state index contributed by atoms with van der Waals surface area (Å²) in [7, 11) is 2.13. The maximum atomic E-state index is 5.29. The predicted molar refractivity (Wildman–Crippen MR) is 82.8 cm³/mol. The summed E-state index contributed by atoms with van der Waals surface area (Å²) in [5.74, 6) is 1.96. The molecule has 22 heavy (non-hydrogen) atoms. The van der Waals surface area contributed by atoms with Crippen molar-refractivity contribution in [2.45, 2.75) is 38.8 Å². The van der Waals surface area contributed by atoms with Crippen LogP contribution in [0.15, 0.2) is 16.7 Å². The minimum atomic E-state index is 0.528. The summed E-state index contributed by atoms with van der Waals surface area (Å²) in [6.07, 6.45) is 3.46. The second-order valence-corrected chi connectivity index (χ2v) is 6.44. The zero-order valence-corrected chi connectivity index (χ0v) is 13.1. The van der Waals surface area contributed by atoms with Crippen LogP contribution in [0.3, 0.4) is 0 Å². The minimum absolute atomic E-state index is 0.528. The molecule has 0 bridgehead atoms. The molecule has 1 saturated heterocycles. The van der Waals surface area contributed by atoms with Gasteiger partial charge in [-0.2, -0.15) is 5.10 Å². The second-order valence-electron chi connectivity index (χ2n) is 6.44. The molecule has 3 heterocycles. The van der Waals surface area contributed by atoms with Gasteiger partial charge < -0.3 is 9.42 Å². The molecule has 0 atom stereocenters. The number of aryl methyl sites for hydroxylation is 3. The van der Waals surface area contributed by atoms with Crippen LogP contribution in [0.2, 0.25) is 0 Å². The zero-order chi connectivity index (χ0) is 15.1. The van der Waals surface area contributed by atoms with E-state index in [-0.39, 0.29) is 0 Å². The molecule has 0 N–H and O–H groups in total. The van der Waals surface area contributed by atoms with Crippen LogP contribution in [-0.4, -0.2) is 46.4 Å². The summed E-state index contributed by atoms with van der Waals surface area (Å²) < 4.78 is 5.29. The molecule has 0 saturated carbocycles. The third-order valence-corrected chi connectivity index (χ3v) is 4.70. The number of fused-ring (bicyclic) bond motifs is 1. The Morgan fingerprint density at radius 3 is 2.91 bits per heavy atom. The fourth-order valence-corrected chi connectivity index (χ4v) is 3.26. The van der Waals surface area contributed by atoms with Gasteiger partial charge in [0.1, 0.15) is 0 Å². The van der Waals surface area contributed by atoms with Crippen LogP contribution in [0.4, 0.5) is 5.82 Å². The Labute approximate surface area is 130 Å². The van der Waals surface area contributed by atoms with E-state index in [9.17, 15) is 0 Å². The van der Waals surface area contributed by atoms with Gasteiger partial charge in [0.25, 0.3) is 0 Å². The van der Waals surface area contributed by atoms with Gasteiger partial charge in [-0.25, -0.2) is 0 Å². The highest BCUT2D eigenvalue weighted by Crippen LogP contribution is 2.26. The lowest BCUT2D eigenvalue weighted by Crippen LogP contribution is -2.58. The fraction of sp³-hybridized carbons (Fsp3) is 0.562. The third-order valence-electron chi connectivity index (χ3n) is 4.70. The zero-order valence-electron chi connectivity index (χ0n) is 13.1. The van der Waals surface area contributed by atoms with Gasteiger partial charge in [0.15, 0.2) is 11.6 Å². The number of rotatable bonds is 4. The van der Waals surface area contributed by atoms with Crippen LogP contribution in [0.25, 0.3) is 0 Å². The number of aromatic nitrogens is 3. The number of likely N-dealkylation sites (N-methyl/N-ethyl adjacent to an activating group) is 1. The Morgan fingerprint density at radius 2 is 2.14 bits per heavy atom. The molecule has 0 aromatic carbocycles. The first kappa shape index (κ1) is 13.7. The van der Waals surface area contributed by atoms with Crippen molar-refractivity contribution >= 4 is 5.82 Å². The molecule has 0 radical (unpaired) electrons. The number of hydrogen-bond acceptors (Lipinski definition) is 6. The normalized spacial score (nSPS) is 17.9. The van der Waals surface area contributed by atoms with Gasteiger partial charge in [-0.15, -0.1) is 5.10 Å². The Morgan fingerprint density at radius 1 is 1.27 bits per heavy atom. The van der Waals surface area contributed by atoms with Crippen LogP contribution < -0.4 is 4.90 Å². The summed E-state index contributed by atoms with van der Waals surface area (Å²) in [5.41, 5.74) is 3.52. The van der Waals surface area contributed by atoms with Gasteiger partial charge in [0, 0.05) is 25.2 Å². The van der Waals surface area contributed by atoms with E-state index in [0.29, 0.717) is 6.04 Å². The van der Waals surface area contributed by atoms with E-state index in [1.807, 2.05) is 13.0 Å². The van der Waals surface area contributed by atoms with E-state index in [2.05, 4.69) is 38.3 Å². The van der Waals surface area contributed by atoms with E-state index in [1.165, 1.54) is 17.7 Å². The summed E-state index contributed by atoms with van der Waals surface area (Å²) in [6, 6.07) is 4.75. The largest absolute Gasteiger partial charge is 0.360 e. The van der Waals surface area contributed by atoms with Gasteiger partial charge in [0.05, 0.1) is 17.9 Å². The quantitative estimate of drug-likeness (QED) is 0.854. The van der Waals surface area contributed by atoms with Crippen LogP contribution in [0.1, 0.15) is 29.1 Å². The first-order valence-corrected chi connectivity index (χ1v) is 7.92. The molecular formula is C16H21N5O. The van der Waals surface area contributed by atoms with Crippen LogP contribution >= 0.6 is 0 Å². The summed E-state index contributed by atoms with van der Waals surface area (Å²) in [5, 5.41) is 12.7. The van der Waals surface area contributed by atoms with Gasteiger partial charge in [0.2, 0.25) is 0 Å². The highest BCUT2D eigenvalue weighted by Gasteiger charge is 2.32. The molecule has 0 unspecified atom stereocenters. The Bertz CT molecular complexity index is 677. The smallest absolute Gasteiger partial charge is 0.151 e. The first-order chi connectivity index (χ1) is 10.7. The topological polar surface area (TPSA) is 58.3 Å². The third kappa shape index (κ3) is 2.47. The van der Waals surface area contributed by atoms with Gasteiger partial charge >= 0.3 is 0 Å². The van der Waals surface area contributed by atoms with Gasteiger partial charge in [-0.3, -0.25) is 4.90 Å². The fourth-order valence-electron chi connectivity index (χ4n) is 3.26. The lowest BCUT2D eigenvalue weighted by Gasteiger charge is -2.44. The van der Waals surface area contributed by atoms with Crippen molar-refractivity contribution in [2.75, 3.05) is 25.0 Å². The lowest BCUT2D eigenvalue weighted by atomic mass is 10.1. The van der Waals surface area contributed by atoms with Crippen molar-refractivity contribution in [3.63, 3.8) is 0 Å². The Kier molecular flexibility index (Phi) is 3.33. The van der Waals surface area contributed by atoms with E-state index >= 15 is 0 Å². The number of hydrogen-bond donors (Lipinski definition) is 0. The molecule has 0 spiro atoms. The summed E-state index contributed by atoms with van der Waals surface area (Å²) in [6.45, 7) is 4.74. The lowest BCUT2D eigenvalue weighted by molar-refractivity contribution is 0.177. The molecule has 2 aliphatic rings. The Hall–Kier alpha value is -1.95. The minimum Gasteiger partial charge on any atom is -0.360 e. The molecule has 0 amide bonds. The molecule has 6 nitrogen and oxygen atoms in total. The molecule has 4 rings (SSSR count). The number of nitrogens with zero attached hydrogens (tertiary/aromatic N) is 5. The highest BCUT2D eigenvalue weighted by atomic mass is 16.5. The SMILES string of the molecule is Cc1cc(CN(C)C2CN(c3cc4c(nn3)CCC4)C2)on1. The average molecular weight is 299 g/mol. The van der Waals surface area contributed by atoms with E-state index in [0.717, 1.165) is 49.7 Å². The van der Waals surface area contributed by atoms with Crippen LogP contribution in [-0.2, 0) is 19.4 Å². The average Bonchev–Trinajstić information content (AvgIpc) is 3.05. The van der Waals surface area contributed by atoms with E-state index < -0.39 is 0 Å². The first-order valence-electron chi connectivity index (χ1n) is 7.92. The molecule has 116 valence electrons. The van der Waals surface area contributed by atoms with Crippen molar-refractivity contribution in [2.24, 2.45) is 0 Å². The van der Waals surface area contributed by atoms with Crippen molar-refractivity contribution in [1.29, 1.82) is 0 Å². The van der Waals surface area contributed by atoms with Gasteiger partial charge in [-0.1, -0.05) is 5.16 Å². The molecule has 2 aromatic heterocycles. The maximum absolute atomic E-state index is 5.29. The summed E-state index contributed by atoms with van der Waals surface area (Å²) >= 11 is 0. The van der Waals surface area contributed by atoms with E-state index in [1.54, 1.807) is 0 Å². The highest BCUT2D eigenvalue weighted by molar-refractivity contribution is 5.45. The van der Waals surface area contributed by atoms with Crippen LogP contribution in [0, 0.1) is 6.92 Å². The maximum Gasteiger partial charge on any atom is 0.151 e. The molecule has 1 aliphatic carbocycles. The predicted octanol–water partition coefficient (Wildman–Crippen LogP) is 1.58. The Balaban J connectivity index is 1.35. The summed E-state index contributed by atoms with van der Waals surface area (Å²) in [4.78, 5) is 4.62. The molecular weight excluding hydrogens is 278 g/mol. The van der Waals surface area contributed by atoms with Crippen molar-refractivity contribution < 1.29 is 4.52 Å². The van der Waals surface area contributed by atoms with Crippen molar-refractivity contribution in [3.8, 4) is 0 Å². The molecule has 1 aliphatic heterocycles. The van der Waals surface area contributed by atoms with Crippen LogP contribution in [0.5, 0.6) is 0 Å². The molecule has 6 heteroatoms. The molecule has 1 fully saturated rings. The monoisotopic (exact) mass is 299 g/mol.